The Morgan fingerprint density at radius 1 is 1.05 bits per heavy atom. The van der Waals surface area contributed by atoms with Crippen molar-refractivity contribution < 1.29 is 4.42 Å². The average molecular weight is 251 g/mol. The topological polar surface area (TPSA) is 56.2 Å². The Morgan fingerprint density at radius 2 is 1.79 bits per heavy atom. The molecule has 0 saturated heterocycles. The molecule has 0 aliphatic heterocycles. The van der Waals surface area contributed by atoms with Gasteiger partial charge in [0.05, 0.1) is 11.3 Å². The van der Waals surface area contributed by atoms with Crippen LogP contribution in [0.2, 0.25) is 0 Å². The average Bonchev–Trinajstić information content (AvgIpc) is 2.41. The van der Waals surface area contributed by atoms with Crippen LogP contribution in [0.4, 0.5) is 5.69 Å². The zero-order valence-corrected chi connectivity index (χ0v) is 10.5. The van der Waals surface area contributed by atoms with E-state index in [0.717, 1.165) is 16.5 Å². The van der Waals surface area contributed by atoms with Gasteiger partial charge >= 0.3 is 5.63 Å². The van der Waals surface area contributed by atoms with Crippen LogP contribution >= 0.6 is 0 Å². The summed E-state index contributed by atoms with van der Waals surface area (Å²) in [6.45, 7) is 1.98. The first kappa shape index (κ1) is 11.5. The molecule has 0 saturated carbocycles. The molecule has 19 heavy (non-hydrogen) atoms. The van der Waals surface area contributed by atoms with E-state index in [1.165, 1.54) is 0 Å². The minimum atomic E-state index is -0.403. The van der Waals surface area contributed by atoms with Crippen LogP contribution in [0.1, 0.15) is 5.56 Å². The highest BCUT2D eigenvalue weighted by molar-refractivity contribution is 5.96. The minimum absolute atomic E-state index is 0.403. The second kappa shape index (κ2) is 4.28. The van der Waals surface area contributed by atoms with Gasteiger partial charge in [-0.3, -0.25) is 0 Å². The molecule has 1 heterocycles. The Labute approximate surface area is 110 Å². The second-order valence-electron chi connectivity index (χ2n) is 4.54. The highest BCUT2D eigenvalue weighted by atomic mass is 16.4. The molecule has 0 fully saturated rings. The van der Waals surface area contributed by atoms with Gasteiger partial charge in [-0.05, 0) is 24.6 Å². The summed E-state index contributed by atoms with van der Waals surface area (Å²) >= 11 is 0. The Bertz CT molecular complexity index is 804. The summed E-state index contributed by atoms with van der Waals surface area (Å²) in [5.74, 6) is 0. The van der Waals surface area contributed by atoms with Crippen LogP contribution in [0, 0.1) is 6.92 Å². The quantitative estimate of drug-likeness (QED) is 0.675. The third-order valence-electron chi connectivity index (χ3n) is 3.16. The second-order valence-corrected chi connectivity index (χ2v) is 4.54. The van der Waals surface area contributed by atoms with Crippen LogP contribution in [0.25, 0.3) is 22.1 Å². The highest BCUT2D eigenvalue weighted by Crippen LogP contribution is 2.29. The van der Waals surface area contributed by atoms with Crippen molar-refractivity contribution in [3.63, 3.8) is 0 Å². The number of nitrogens with two attached hydrogens (primary N) is 1. The third-order valence-corrected chi connectivity index (χ3v) is 3.16. The maximum Gasteiger partial charge on any atom is 0.346 e. The molecule has 2 aromatic carbocycles. The largest absolute Gasteiger partial charge is 0.422 e. The maximum absolute atomic E-state index is 12.1. The van der Waals surface area contributed by atoms with Gasteiger partial charge in [0, 0.05) is 5.39 Å². The lowest BCUT2D eigenvalue weighted by Crippen LogP contribution is -2.07. The molecule has 0 aliphatic rings. The summed E-state index contributed by atoms with van der Waals surface area (Å²) in [6, 6.07) is 14.9. The van der Waals surface area contributed by atoms with Gasteiger partial charge in [-0.25, -0.2) is 4.79 Å². The fourth-order valence-electron chi connectivity index (χ4n) is 2.22. The molecule has 0 amide bonds. The Balaban J connectivity index is 2.40. The fraction of sp³-hybridized carbons (Fsp3) is 0.0625. The van der Waals surface area contributed by atoms with E-state index >= 15 is 0 Å². The molecule has 94 valence electrons. The normalized spacial score (nSPS) is 10.8. The van der Waals surface area contributed by atoms with Gasteiger partial charge in [0.15, 0.2) is 0 Å². The Hall–Kier alpha value is -2.55. The van der Waals surface area contributed by atoms with E-state index in [9.17, 15) is 4.79 Å². The SMILES string of the molecule is Cc1ccc2oc(=O)c(-c3ccccc3)c(N)c2c1. The molecule has 3 nitrogen and oxygen atoms in total. The standard InChI is InChI=1S/C16H13NO2/c1-10-7-8-13-12(9-10)15(17)14(16(18)19-13)11-5-3-2-4-6-11/h2-9H,17H2,1H3. The van der Waals surface area contributed by atoms with E-state index < -0.39 is 5.63 Å². The van der Waals surface area contributed by atoms with Gasteiger partial charge < -0.3 is 10.2 Å². The van der Waals surface area contributed by atoms with Crippen molar-refractivity contribution in [1.29, 1.82) is 0 Å². The van der Waals surface area contributed by atoms with Gasteiger partial charge in [-0.15, -0.1) is 0 Å². The molecule has 1 aromatic heterocycles. The molecular formula is C16H13NO2. The predicted octanol–water partition coefficient (Wildman–Crippen LogP) is 3.35. The van der Waals surface area contributed by atoms with Crippen molar-refractivity contribution in [2.45, 2.75) is 6.92 Å². The molecule has 2 N–H and O–H groups in total. The van der Waals surface area contributed by atoms with E-state index in [-0.39, 0.29) is 0 Å². The van der Waals surface area contributed by atoms with Crippen molar-refractivity contribution in [3.8, 4) is 11.1 Å². The van der Waals surface area contributed by atoms with E-state index in [0.29, 0.717) is 16.8 Å². The van der Waals surface area contributed by atoms with Crippen LogP contribution in [-0.4, -0.2) is 0 Å². The van der Waals surface area contributed by atoms with Crippen molar-refractivity contribution in [2.75, 3.05) is 5.73 Å². The van der Waals surface area contributed by atoms with Gasteiger partial charge in [0.25, 0.3) is 0 Å². The van der Waals surface area contributed by atoms with Crippen LogP contribution in [0.15, 0.2) is 57.7 Å². The number of rotatable bonds is 1. The third kappa shape index (κ3) is 1.89. The monoisotopic (exact) mass is 251 g/mol. The fourth-order valence-corrected chi connectivity index (χ4v) is 2.22. The lowest BCUT2D eigenvalue weighted by atomic mass is 10.0. The number of benzene rings is 2. The predicted molar refractivity (Wildman–Crippen MR) is 77.1 cm³/mol. The highest BCUT2D eigenvalue weighted by Gasteiger charge is 2.13. The summed E-state index contributed by atoms with van der Waals surface area (Å²) in [4.78, 5) is 12.1. The van der Waals surface area contributed by atoms with E-state index in [4.69, 9.17) is 10.2 Å². The van der Waals surface area contributed by atoms with Crippen LogP contribution < -0.4 is 11.4 Å². The van der Waals surface area contributed by atoms with Gasteiger partial charge in [-0.1, -0.05) is 42.0 Å². The number of anilines is 1. The summed E-state index contributed by atoms with van der Waals surface area (Å²) < 4.78 is 5.35. The van der Waals surface area contributed by atoms with Crippen LogP contribution in [0.3, 0.4) is 0 Å². The number of aryl methyl sites for hydroxylation is 1. The number of nitrogen functional groups attached to an aromatic ring is 1. The smallest absolute Gasteiger partial charge is 0.346 e. The molecule has 3 aromatic rings. The minimum Gasteiger partial charge on any atom is -0.422 e. The zero-order valence-electron chi connectivity index (χ0n) is 10.5. The molecule has 0 bridgehead atoms. The molecule has 3 heteroatoms. The lowest BCUT2D eigenvalue weighted by Gasteiger charge is -2.08. The zero-order chi connectivity index (χ0) is 13.4. The van der Waals surface area contributed by atoms with Crippen LogP contribution in [-0.2, 0) is 0 Å². The van der Waals surface area contributed by atoms with Gasteiger partial charge in [-0.2, -0.15) is 0 Å². The van der Waals surface area contributed by atoms with E-state index in [2.05, 4.69) is 0 Å². The van der Waals surface area contributed by atoms with Crippen molar-refractivity contribution in [3.05, 3.63) is 64.5 Å². The summed E-state index contributed by atoms with van der Waals surface area (Å²) in [7, 11) is 0. The molecule has 0 atom stereocenters. The van der Waals surface area contributed by atoms with Gasteiger partial charge in [0.1, 0.15) is 5.58 Å². The number of fused-ring (bicyclic) bond motifs is 1. The maximum atomic E-state index is 12.1. The summed E-state index contributed by atoms with van der Waals surface area (Å²) in [6.07, 6.45) is 0. The summed E-state index contributed by atoms with van der Waals surface area (Å²) in [5.41, 5.74) is 9.03. The molecule has 0 unspecified atom stereocenters. The van der Waals surface area contributed by atoms with Crippen molar-refractivity contribution >= 4 is 16.7 Å². The van der Waals surface area contributed by atoms with Crippen molar-refractivity contribution in [1.82, 2.24) is 0 Å². The van der Waals surface area contributed by atoms with E-state index in [1.54, 1.807) is 6.07 Å². The number of hydrogen-bond acceptors (Lipinski definition) is 3. The first-order valence-corrected chi connectivity index (χ1v) is 6.05. The molecule has 3 rings (SSSR count). The first-order valence-electron chi connectivity index (χ1n) is 6.05. The Morgan fingerprint density at radius 3 is 2.53 bits per heavy atom. The number of hydrogen-bond donors (Lipinski definition) is 1. The summed E-state index contributed by atoms with van der Waals surface area (Å²) in [5, 5.41) is 0.776. The molecule has 0 radical (unpaired) electrons. The van der Waals surface area contributed by atoms with Gasteiger partial charge in [0.2, 0.25) is 0 Å². The first-order chi connectivity index (χ1) is 9.16. The molecule has 0 aliphatic carbocycles. The van der Waals surface area contributed by atoms with Crippen LogP contribution in [0.5, 0.6) is 0 Å². The lowest BCUT2D eigenvalue weighted by molar-refractivity contribution is 0.564. The molecule has 0 spiro atoms. The molecular weight excluding hydrogens is 238 g/mol. The van der Waals surface area contributed by atoms with Crippen molar-refractivity contribution in [2.24, 2.45) is 0 Å². The Kier molecular flexibility index (Phi) is 2.60. The van der Waals surface area contributed by atoms with E-state index in [1.807, 2.05) is 49.4 Å².